The predicted molar refractivity (Wildman–Crippen MR) is 109 cm³/mol. The SMILES string of the molecule is Cc1ncc(CO)c(CNc2ccc(C#N)cc2)c1OCc1ccc(C#N)cc1. The molecule has 0 spiro atoms. The van der Waals surface area contributed by atoms with E-state index in [0.717, 1.165) is 22.5 Å². The first-order valence-electron chi connectivity index (χ1n) is 9.08. The van der Waals surface area contributed by atoms with Crippen LogP contribution in [0.1, 0.15) is 33.5 Å². The quantitative estimate of drug-likeness (QED) is 0.642. The number of aliphatic hydroxyl groups is 1. The van der Waals surface area contributed by atoms with Crippen molar-refractivity contribution in [2.24, 2.45) is 0 Å². The van der Waals surface area contributed by atoms with Crippen molar-refractivity contribution in [1.82, 2.24) is 4.98 Å². The molecule has 2 aromatic carbocycles. The summed E-state index contributed by atoms with van der Waals surface area (Å²) in [5.74, 6) is 0.627. The molecule has 144 valence electrons. The van der Waals surface area contributed by atoms with Gasteiger partial charge in [0.05, 0.1) is 35.6 Å². The molecule has 0 saturated carbocycles. The van der Waals surface area contributed by atoms with E-state index in [2.05, 4.69) is 22.4 Å². The fourth-order valence-electron chi connectivity index (χ4n) is 2.88. The minimum atomic E-state index is -0.148. The number of aliphatic hydroxyl groups excluding tert-OH is 1. The lowest BCUT2D eigenvalue weighted by Crippen LogP contribution is -2.09. The van der Waals surface area contributed by atoms with Gasteiger partial charge in [-0.05, 0) is 48.9 Å². The van der Waals surface area contributed by atoms with Crippen LogP contribution in [0, 0.1) is 29.6 Å². The molecule has 29 heavy (non-hydrogen) atoms. The van der Waals surface area contributed by atoms with E-state index < -0.39 is 0 Å². The number of benzene rings is 2. The van der Waals surface area contributed by atoms with Gasteiger partial charge in [0.2, 0.25) is 0 Å². The fourth-order valence-corrected chi connectivity index (χ4v) is 2.88. The Hall–Kier alpha value is -3.87. The van der Waals surface area contributed by atoms with Crippen molar-refractivity contribution in [2.75, 3.05) is 5.32 Å². The molecule has 0 atom stereocenters. The van der Waals surface area contributed by atoms with E-state index in [0.29, 0.717) is 35.6 Å². The van der Waals surface area contributed by atoms with E-state index in [1.165, 1.54) is 0 Å². The van der Waals surface area contributed by atoms with Gasteiger partial charge in [0.1, 0.15) is 12.4 Å². The number of anilines is 1. The number of hydrogen-bond acceptors (Lipinski definition) is 6. The Bertz CT molecular complexity index is 1060. The van der Waals surface area contributed by atoms with Crippen LogP contribution in [0.2, 0.25) is 0 Å². The highest BCUT2D eigenvalue weighted by Crippen LogP contribution is 2.27. The first kappa shape index (κ1) is 19.9. The van der Waals surface area contributed by atoms with Crippen molar-refractivity contribution in [1.29, 1.82) is 10.5 Å². The minimum absolute atomic E-state index is 0.148. The second-order valence-corrected chi connectivity index (χ2v) is 6.47. The van der Waals surface area contributed by atoms with Crippen LogP contribution in [0.5, 0.6) is 5.75 Å². The van der Waals surface area contributed by atoms with Gasteiger partial charge in [0, 0.05) is 29.6 Å². The van der Waals surface area contributed by atoms with Gasteiger partial charge in [0.15, 0.2) is 0 Å². The second-order valence-electron chi connectivity index (χ2n) is 6.47. The summed E-state index contributed by atoms with van der Waals surface area (Å²) >= 11 is 0. The van der Waals surface area contributed by atoms with Crippen molar-refractivity contribution < 1.29 is 9.84 Å². The Morgan fingerprint density at radius 3 is 2.21 bits per heavy atom. The molecule has 0 unspecified atom stereocenters. The third-order valence-electron chi connectivity index (χ3n) is 4.52. The number of nitrogens with zero attached hydrogens (tertiary/aromatic N) is 3. The van der Waals surface area contributed by atoms with Crippen molar-refractivity contribution >= 4 is 5.69 Å². The molecule has 0 fully saturated rings. The van der Waals surface area contributed by atoms with Crippen LogP contribution in [0.4, 0.5) is 5.69 Å². The maximum absolute atomic E-state index is 9.75. The number of aryl methyl sites for hydroxylation is 1. The zero-order valence-corrected chi connectivity index (χ0v) is 16.0. The molecule has 1 aromatic heterocycles. The first-order valence-corrected chi connectivity index (χ1v) is 9.08. The lowest BCUT2D eigenvalue weighted by Gasteiger charge is -2.18. The lowest BCUT2D eigenvalue weighted by atomic mass is 10.1. The highest BCUT2D eigenvalue weighted by molar-refractivity contribution is 5.50. The molecule has 0 bridgehead atoms. The highest BCUT2D eigenvalue weighted by Gasteiger charge is 2.14. The van der Waals surface area contributed by atoms with E-state index >= 15 is 0 Å². The Morgan fingerprint density at radius 2 is 1.62 bits per heavy atom. The molecule has 2 N–H and O–H groups in total. The molecule has 6 heteroatoms. The van der Waals surface area contributed by atoms with Crippen molar-refractivity contribution in [2.45, 2.75) is 26.7 Å². The number of aromatic nitrogens is 1. The molecule has 0 aliphatic carbocycles. The summed E-state index contributed by atoms with van der Waals surface area (Å²) < 4.78 is 6.06. The van der Waals surface area contributed by atoms with Crippen LogP contribution < -0.4 is 10.1 Å². The van der Waals surface area contributed by atoms with Gasteiger partial charge < -0.3 is 15.2 Å². The maximum Gasteiger partial charge on any atom is 0.146 e. The number of ether oxygens (including phenoxy) is 1. The van der Waals surface area contributed by atoms with Crippen LogP contribution in [0.3, 0.4) is 0 Å². The second kappa shape index (κ2) is 9.36. The molecule has 3 aromatic rings. The van der Waals surface area contributed by atoms with Crippen LogP contribution >= 0.6 is 0 Å². The van der Waals surface area contributed by atoms with Crippen LogP contribution in [-0.4, -0.2) is 10.1 Å². The Balaban J connectivity index is 1.80. The molecule has 6 nitrogen and oxygen atoms in total. The van der Waals surface area contributed by atoms with E-state index in [9.17, 15) is 5.11 Å². The van der Waals surface area contributed by atoms with E-state index in [-0.39, 0.29) is 6.61 Å². The summed E-state index contributed by atoms with van der Waals surface area (Å²) in [5.41, 5.74) is 5.24. The normalized spacial score (nSPS) is 10.1. The summed E-state index contributed by atoms with van der Waals surface area (Å²) in [4.78, 5) is 4.34. The fraction of sp³-hybridized carbons (Fsp3) is 0.174. The van der Waals surface area contributed by atoms with Crippen LogP contribution in [0.15, 0.2) is 54.7 Å². The van der Waals surface area contributed by atoms with Gasteiger partial charge in [-0.1, -0.05) is 12.1 Å². The van der Waals surface area contributed by atoms with E-state index in [1.807, 2.05) is 31.2 Å². The largest absolute Gasteiger partial charge is 0.487 e. The van der Waals surface area contributed by atoms with Gasteiger partial charge in [-0.25, -0.2) is 0 Å². The molecule has 0 saturated heterocycles. The smallest absolute Gasteiger partial charge is 0.146 e. The van der Waals surface area contributed by atoms with Gasteiger partial charge >= 0.3 is 0 Å². The Morgan fingerprint density at radius 1 is 1.00 bits per heavy atom. The summed E-state index contributed by atoms with van der Waals surface area (Å²) in [6.45, 7) is 2.48. The molecular weight excluding hydrogens is 364 g/mol. The van der Waals surface area contributed by atoms with Gasteiger partial charge in [-0.15, -0.1) is 0 Å². The van der Waals surface area contributed by atoms with Gasteiger partial charge in [-0.3, -0.25) is 4.98 Å². The number of hydrogen-bond donors (Lipinski definition) is 2. The first-order chi connectivity index (χ1) is 14.1. The third-order valence-corrected chi connectivity index (χ3v) is 4.52. The van der Waals surface area contributed by atoms with E-state index in [4.69, 9.17) is 15.3 Å². The highest BCUT2D eigenvalue weighted by atomic mass is 16.5. The molecule has 0 amide bonds. The maximum atomic E-state index is 9.75. The zero-order chi connectivity index (χ0) is 20.6. The molecule has 1 heterocycles. The predicted octanol–water partition coefficient (Wildman–Crippen LogP) is 3.82. The summed E-state index contributed by atoms with van der Waals surface area (Å²) in [7, 11) is 0. The third kappa shape index (κ3) is 4.90. The lowest BCUT2D eigenvalue weighted by molar-refractivity contribution is 0.273. The summed E-state index contributed by atoms with van der Waals surface area (Å²) in [6, 6.07) is 18.6. The Labute approximate surface area is 169 Å². The van der Waals surface area contributed by atoms with Crippen LogP contribution in [0.25, 0.3) is 0 Å². The van der Waals surface area contributed by atoms with Crippen molar-refractivity contribution in [3.05, 3.63) is 88.2 Å². The molecule has 0 radical (unpaired) electrons. The summed E-state index contributed by atoms with van der Waals surface area (Å²) in [5, 5.41) is 30.9. The number of pyridine rings is 1. The standard InChI is InChI=1S/C23H20N4O2/c1-16-23(29-15-19-4-2-17(10-24)3-5-19)22(20(14-28)12-26-16)13-27-21-8-6-18(11-25)7-9-21/h2-9,12,27-28H,13-15H2,1H3. The summed E-state index contributed by atoms with van der Waals surface area (Å²) in [6.07, 6.45) is 1.65. The Kier molecular flexibility index (Phi) is 6.42. The van der Waals surface area contributed by atoms with Crippen molar-refractivity contribution in [3.8, 4) is 17.9 Å². The molecule has 0 aliphatic rings. The average Bonchev–Trinajstić information content (AvgIpc) is 2.77. The molecule has 0 aliphatic heterocycles. The average molecular weight is 384 g/mol. The molecular formula is C23H20N4O2. The van der Waals surface area contributed by atoms with Crippen LogP contribution in [-0.2, 0) is 19.8 Å². The van der Waals surface area contributed by atoms with Gasteiger partial charge in [-0.2, -0.15) is 10.5 Å². The van der Waals surface area contributed by atoms with E-state index in [1.54, 1.807) is 30.5 Å². The van der Waals surface area contributed by atoms with Crippen molar-refractivity contribution in [3.63, 3.8) is 0 Å². The number of nitriles is 2. The monoisotopic (exact) mass is 384 g/mol. The van der Waals surface area contributed by atoms with Gasteiger partial charge in [0.25, 0.3) is 0 Å². The topological polar surface area (TPSA) is 102 Å². The molecule has 3 rings (SSSR count). The zero-order valence-electron chi connectivity index (χ0n) is 16.0. The number of rotatable bonds is 7. The minimum Gasteiger partial charge on any atom is -0.487 e. The number of nitrogens with one attached hydrogen (secondary N) is 1.